The number of nitrogens with two attached hydrogens (primary N) is 1. The molecule has 170 valence electrons. The Morgan fingerprint density at radius 3 is 2.59 bits per heavy atom. The highest BCUT2D eigenvalue weighted by Gasteiger charge is 2.23. The molecule has 2 heterocycles. The third kappa shape index (κ3) is 4.42. The summed E-state index contributed by atoms with van der Waals surface area (Å²) in [5.41, 5.74) is 7.11. The van der Waals surface area contributed by atoms with Crippen LogP contribution in [0.3, 0.4) is 0 Å². The molecule has 0 saturated heterocycles. The summed E-state index contributed by atoms with van der Waals surface area (Å²) in [6, 6.07) is 7.75. The molecule has 1 aliphatic carbocycles. The van der Waals surface area contributed by atoms with Gasteiger partial charge in [0.2, 0.25) is 5.78 Å². The van der Waals surface area contributed by atoms with Crippen molar-refractivity contribution in [2.75, 3.05) is 18.9 Å². The minimum absolute atomic E-state index is 0.131. The molecule has 0 radical (unpaired) electrons. The second-order valence-electron chi connectivity index (χ2n) is 8.27. The van der Waals surface area contributed by atoms with Gasteiger partial charge >= 0.3 is 5.69 Å². The van der Waals surface area contributed by atoms with Crippen molar-refractivity contribution in [1.29, 1.82) is 0 Å². The number of nitrogens with one attached hydrogen (secondary N) is 1. The van der Waals surface area contributed by atoms with Gasteiger partial charge in [0.1, 0.15) is 9.71 Å². The minimum atomic E-state index is -0.563. The summed E-state index contributed by atoms with van der Waals surface area (Å²) < 4.78 is 6.82. The number of carbonyl (C=O) groups excluding carboxylic acids is 1. The standard InChI is InChI=1S/C24H29N3O4S/c1-2-31-14-6-13-27-23-18(22(29)26-24(27)30)19(25)21(32-23)20(28)17-11-9-16(10-12-17)15-7-4-3-5-8-15/h9-12,15H,2-8,13-14,25H2,1H3,(H,26,29,30). The van der Waals surface area contributed by atoms with Crippen LogP contribution in [0.25, 0.3) is 10.2 Å². The van der Waals surface area contributed by atoms with Crippen LogP contribution >= 0.6 is 11.3 Å². The maximum Gasteiger partial charge on any atom is 0.329 e. The number of thiophene rings is 1. The van der Waals surface area contributed by atoms with Crippen molar-refractivity contribution in [1.82, 2.24) is 9.55 Å². The van der Waals surface area contributed by atoms with Crippen LogP contribution in [0, 0.1) is 0 Å². The lowest BCUT2D eigenvalue weighted by molar-refractivity contribution is 0.104. The summed E-state index contributed by atoms with van der Waals surface area (Å²) in [5, 5.41) is 0.202. The third-order valence-electron chi connectivity index (χ3n) is 6.19. The fourth-order valence-electron chi connectivity index (χ4n) is 4.47. The second kappa shape index (κ2) is 9.83. The van der Waals surface area contributed by atoms with Crippen molar-refractivity contribution < 1.29 is 9.53 Å². The van der Waals surface area contributed by atoms with Gasteiger partial charge in [0.15, 0.2) is 0 Å². The molecular formula is C24H29N3O4S. The molecule has 1 aliphatic rings. The summed E-state index contributed by atoms with van der Waals surface area (Å²) in [4.78, 5) is 41.2. The molecule has 2 aromatic heterocycles. The Kier molecular flexibility index (Phi) is 6.91. The van der Waals surface area contributed by atoms with Crippen LogP contribution in [-0.2, 0) is 11.3 Å². The predicted octanol–water partition coefficient (Wildman–Crippen LogP) is 4.04. The summed E-state index contributed by atoms with van der Waals surface area (Å²) in [5.74, 6) is 0.332. The summed E-state index contributed by atoms with van der Waals surface area (Å²) in [6.45, 7) is 3.38. The van der Waals surface area contributed by atoms with Crippen LogP contribution in [0.2, 0.25) is 0 Å². The van der Waals surface area contributed by atoms with Crippen molar-refractivity contribution in [2.45, 2.75) is 57.9 Å². The van der Waals surface area contributed by atoms with E-state index in [1.165, 1.54) is 42.2 Å². The normalized spacial score (nSPS) is 14.8. The Hall–Kier alpha value is -2.71. The third-order valence-corrected chi connectivity index (χ3v) is 7.42. The Morgan fingerprint density at radius 1 is 1.19 bits per heavy atom. The molecule has 4 rings (SSSR count). The molecule has 0 unspecified atom stereocenters. The van der Waals surface area contributed by atoms with E-state index in [2.05, 4.69) is 4.98 Å². The number of aromatic amines is 1. The van der Waals surface area contributed by atoms with Crippen molar-refractivity contribution in [3.8, 4) is 0 Å². The van der Waals surface area contributed by atoms with Crippen LogP contribution in [0.1, 0.15) is 72.2 Å². The lowest BCUT2D eigenvalue weighted by Gasteiger charge is -2.22. The Labute approximate surface area is 190 Å². The molecular weight excluding hydrogens is 426 g/mol. The van der Waals surface area contributed by atoms with E-state index in [1.54, 1.807) is 0 Å². The molecule has 0 atom stereocenters. The van der Waals surface area contributed by atoms with Gasteiger partial charge in [-0.25, -0.2) is 4.79 Å². The highest BCUT2D eigenvalue weighted by Crippen LogP contribution is 2.35. The van der Waals surface area contributed by atoms with Gasteiger partial charge < -0.3 is 10.5 Å². The molecule has 3 N–H and O–H groups in total. The number of aryl methyl sites for hydroxylation is 1. The number of fused-ring (bicyclic) bond motifs is 1. The van der Waals surface area contributed by atoms with E-state index >= 15 is 0 Å². The number of ether oxygens (including phenoxy) is 1. The lowest BCUT2D eigenvalue weighted by atomic mass is 9.84. The van der Waals surface area contributed by atoms with Gasteiger partial charge in [0, 0.05) is 25.3 Å². The number of benzene rings is 1. The molecule has 0 bridgehead atoms. The zero-order chi connectivity index (χ0) is 22.7. The average Bonchev–Trinajstić information content (AvgIpc) is 3.16. The van der Waals surface area contributed by atoms with Crippen molar-refractivity contribution in [2.24, 2.45) is 0 Å². The van der Waals surface area contributed by atoms with E-state index in [4.69, 9.17) is 10.5 Å². The van der Waals surface area contributed by atoms with Crippen molar-refractivity contribution in [3.63, 3.8) is 0 Å². The Morgan fingerprint density at radius 2 is 1.91 bits per heavy atom. The monoisotopic (exact) mass is 455 g/mol. The first kappa shape index (κ1) is 22.5. The van der Waals surface area contributed by atoms with Gasteiger partial charge in [-0.3, -0.25) is 19.1 Å². The first-order valence-corrected chi connectivity index (χ1v) is 12.1. The Bertz CT molecular complexity index is 1220. The summed E-state index contributed by atoms with van der Waals surface area (Å²) in [7, 11) is 0. The molecule has 1 fully saturated rings. The first-order valence-electron chi connectivity index (χ1n) is 11.3. The minimum Gasteiger partial charge on any atom is -0.397 e. The number of H-pyrrole nitrogens is 1. The van der Waals surface area contributed by atoms with Crippen LogP contribution in [0.5, 0.6) is 0 Å². The quantitative estimate of drug-likeness (QED) is 0.394. The molecule has 32 heavy (non-hydrogen) atoms. The average molecular weight is 456 g/mol. The number of anilines is 1. The van der Waals surface area contributed by atoms with Gasteiger partial charge in [0.05, 0.1) is 11.1 Å². The van der Waals surface area contributed by atoms with Gasteiger partial charge in [-0.2, -0.15) is 0 Å². The SMILES string of the molecule is CCOCCCn1c(=O)[nH]c(=O)c2c(N)c(C(=O)c3ccc(C4CCCCC4)cc3)sc21. The van der Waals surface area contributed by atoms with E-state index in [9.17, 15) is 14.4 Å². The van der Waals surface area contributed by atoms with E-state index in [0.717, 1.165) is 11.3 Å². The van der Waals surface area contributed by atoms with Crippen molar-refractivity contribution in [3.05, 3.63) is 61.1 Å². The largest absolute Gasteiger partial charge is 0.397 e. The number of rotatable bonds is 8. The highest BCUT2D eigenvalue weighted by atomic mass is 32.1. The maximum atomic E-state index is 13.2. The molecule has 3 aromatic rings. The van der Waals surface area contributed by atoms with Gasteiger partial charge in [-0.15, -0.1) is 11.3 Å². The number of nitrogen functional groups attached to an aromatic ring is 1. The molecule has 0 aliphatic heterocycles. The maximum absolute atomic E-state index is 13.2. The van der Waals surface area contributed by atoms with E-state index < -0.39 is 11.2 Å². The van der Waals surface area contributed by atoms with Crippen LogP contribution in [0.15, 0.2) is 33.9 Å². The molecule has 0 spiro atoms. The van der Waals surface area contributed by atoms with Crippen LogP contribution in [-0.4, -0.2) is 28.5 Å². The topological polar surface area (TPSA) is 107 Å². The van der Waals surface area contributed by atoms with E-state index in [-0.39, 0.29) is 16.9 Å². The second-order valence-corrected chi connectivity index (χ2v) is 9.27. The molecule has 1 saturated carbocycles. The van der Waals surface area contributed by atoms with Gasteiger partial charge in [0.25, 0.3) is 5.56 Å². The first-order chi connectivity index (χ1) is 15.5. The highest BCUT2D eigenvalue weighted by molar-refractivity contribution is 7.21. The molecule has 7 nitrogen and oxygen atoms in total. The summed E-state index contributed by atoms with van der Waals surface area (Å²) in [6.07, 6.45) is 6.81. The number of hydrogen-bond acceptors (Lipinski definition) is 6. The predicted molar refractivity (Wildman–Crippen MR) is 128 cm³/mol. The van der Waals surface area contributed by atoms with E-state index in [0.29, 0.717) is 47.4 Å². The number of carbonyl (C=O) groups is 1. The fraction of sp³-hybridized carbons (Fsp3) is 0.458. The molecule has 1 aromatic carbocycles. The fourth-order valence-corrected chi connectivity index (χ4v) is 5.68. The molecule has 8 heteroatoms. The van der Waals surface area contributed by atoms with Crippen molar-refractivity contribution >= 4 is 33.0 Å². The smallest absolute Gasteiger partial charge is 0.329 e. The lowest BCUT2D eigenvalue weighted by Crippen LogP contribution is -2.30. The van der Waals surface area contributed by atoms with Crippen LogP contribution < -0.4 is 17.0 Å². The zero-order valence-corrected chi connectivity index (χ0v) is 19.1. The number of hydrogen-bond donors (Lipinski definition) is 2. The number of nitrogens with zero attached hydrogens (tertiary/aromatic N) is 1. The number of aromatic nitrogens is 2. The van der Waals surface area contributed by atoms with Crippen LogP contribution in [0.4, 0.5) is 5.69 Å². The Balaban J connectivity index is 1.65. The van der Waals surface area contributed by atoms with Gasteiger partial charge in [-0.1, -0.05) is 43.5 Å². The summed E-state index contributed by atoms with van der Waals surface area (Å²) >= 11 is 1.11. The zero-order valence-electron chi connectivity index (χ0n) is 18.3. The van der Waals surface area contributed by atoms with E-state index in [1.807, 2.05) is 31.2 Å². The number of ketones is 1. The molecule has 0 amide bonds. The van der Waals surface area contributed by atoms with Gasteiger partial charge in [-0.05, 0) is 37.7 Å².